The Hall–Kier alpha value is -0.870. The van der Waals surface area contributed by atoms with Crippen molar-refractivity contribution >= 4 is 0 Å². The zero-order chi connectivity index (χ0) is 11.6. The zero-order valence-electron chi connectivity index (χ0n) is 10.2. The zero-order valence-corrected chi connectivity index (χ0v) is 10.2. The number of ether oxygens (including phenoxy) is 1. The summed E-state index contributed by atoms with van der Waals surface area (Å²) in [6.45, 7) is 7.29. The Balaban J connectivity index is 1.77. The van der Waals surface area contributed by atoms with Gasteiger partial charge >= 0.3 is 0 Å². The molecule has 4 nitrogen and oxygen atoms in total. The van der Waals surface area contributed by atoms with Gasteiger partial charge in [0.15, 0.2) is 0 Å². The SMILES string of the molecule is CC(C)(C)OCc1cnc(CNC2CC2)o1. The maximum Gasteiger partial charge on any atom is 0.208 e. The van der Waals surface area contributed by atoms with Crippen molar-refractivity contribution in [1.82, 2.24) is 10.3 Å². The fraction of sp³-hybridized carbons (Fsp3) is 0.750. The molecule has 1 aliphatic rings. The Bertz CT molecular complexity index is 337. The van der Waals surface area contributed by atoms with Crippen molar-refractivity contribution in [3.05, 3.63) is 17.8 Å². The van der Waals surface area contributed by atoms with E-state index < -0.39 is 0 Å². The van der Waals surface area contributed by atoms with E-state index in [1.165, 1.54) is 12.8 Å². The molecule has 0 aromatic carbocycles. The first-order chi connectivity index (χ1) is 7.53. The topological polar surface area (TPSA) is 47.3 Å². The highest BCUT2D eigenvalue weighted by Gasteiger charge is 2.21. The van der Waals surface area contributed by atoms with Crippen molar-refractivity contribution in [3.63, 3.8) is 0 Å². The van der Waals surface area contributed by atoms with Crippen LogP contribution >= 0.6 is 0 Å². The van der Waals surface area contributed by atoms with Crippen molar-refractivity contribution < 1.29 is 9.15 Å². The number of aromatic nitrogens is 1. The molecule has 1 saturated carbocycles. The number of nitrogens with zero attached hydrogens (tertiary/aromatic N) is 1. The van der Waals surface area contributed by atoms with E-state index in [4.69, 9.17) is 9.15 Å². The van der Waals surface area contributed by atoms with Gasteiger partial charge in [-0.05, 0) is 33.6 Å². The van der Waals surface area contributed by atoms with E-state index in [-0.39, 0.29) is 5.60 Å². The molecule has 1 aromatic heterocycles. The van der Waals surface area contributed by atoms with Crippen molar-refractivity contribution in [2.24, 2.45) is 0 Å². The maximum absolute atomic E-state index is 5.61. The molecule has 0 spiro atoms. The Morgan fingerprint density at radius 2 is 2.25 bits per heavy atom. The largest absolute Gasteiger partial charge is 0.442 e. The highest BCUT2D eigenvalue weighted by molar-refractivity contribution is 4.94. The van der Waals surface area contributed by atoms with Crippen LogP contribution in [0, 0.1) is 0 Å². The lowest BCUT2D eigenvalue weighted by Crippen LogP contribution is -2.18. The average molecular weight is 224 g/mol. The summed E-state index contributed by atoms with van der Waals surface area (Å²) in [5, 5.41) is 3.36. The third kappa shape index (κ3) is 3.94. The molecule has 0 radical (unpaired) electrons. The van der Waals surface area contributed by atoms with Gasteiger partial charge in [-0.25, -0.2) is 4.98 Å². The van der Waals surface area contributed by atoms with Gasteiger partial charge in [-0.1, -0.05) is 0 Å². The Kier molecular flexibility index (Phi) is 3.30. The van der Waals surface area contributed by atoms with Crippen LogP contribution in [0.4, 0.5) is 0 Å². The molecule has 4 heteroatoms. The first kappa shape index (κ1) is 11.6. The molecule has 1 N–H and O–H groups in total. The summed E-state index contributed by atoms with van der Waals surface area (Å²) < 4.78 is 11.2. The van der Waals surface area contributed by atoms with Gasteiger partial charge in [0.05, 0.1) is 18.3 Å². The highest BCUT2D eigenvalue weighted by Crippen LogP contribution is 2.19. The van der Waals surface area contributed by atoms with E-state index in [0.29, 0.717) is 12.6 Å². The molecule has 0 amide bonds. The summed E-state index contributed by atoms with van der Waals surface area (Å²) in [6.07, 6.45) is 4.30. The number of oxazole rings is 1. The summed E-state index contributed by atoms with van der Waals surface area (Å²) in [4.78, 5) is 4.21. The quantitative estimate of drug-likeness (QED) is 0.833. The van der Waals surface area contributed by atoms with Crippen LogP contribution in [0.5, 0.6) is 0 Å². The van der Waals surface area contributed by atoms with Gasteiger partial charge < -0.3 is 14.5 Å². The minimum absolute atomic E-state index is 0.140. The molecule has 2 rings (SSSR count). The number of nitrogens with one attached hydrogen (secondary N) is 1. The van der Waals surface area contributed by atoms with Crippen LogP contribution in [-0.4, -0.2) is 16.6 Å². The third-order valence-corrected chi connectivity index (χ3v) is 2.37. The molecule has 16 heavy (non-hydrogen) atoms. The molecule has 90 valence electrons. The Morgan fingerprint density at radius 1 is 1.50 bits per heavy atom. The second kappa shape index (κ2) is 4.55. The fourth-order valence-corrected chi connectivity index (χ4v) is 1.30. The molecule has 0 atom stereocenters. The fourth-order valence-electron chi connectivity index (χ4n) is 1.30. The summed E-state index contributed by atoms with van der Waals surface area (Å²) in [5.41, 5.74) is -0.140. The van der Waals surface area contributed by atoms with Gasteiger partial charge in [0.2, 0.25) is 5.89 Å². The normalized spacial score (nSPS) is 16.7. The van der Waals surface area contributed by atoms with Crippen LogP contribution in [0.2, 0.25) is 0 Å². The summed E-state index contributed by atoms with van der Waals surface area (Å²) >= 11 is 0. The van der Waals surface area contributed by atoms with Crippen LogP contribution in [0.1, 0.15) is 45.3 Å². The second-order valence-corrected chi connectivity index (χ2v) is 5.28. The van der Waals surface area contributed by atoms with Crippen LogP contribution < -0.4 is 5.32 Å². The average Bonchev–Trinajstić information content (AvgIpc) is 2.91. The predicted molar refractivity (Wildman–Crippen MR) is 60.9 cm³/mol. The lowest BCUT2D eigenvalue weighted by Gasteiger charge is -2.18. The van der Waals surface area contributed by atoms with Gasteiger partial charge in [0, 0.05) is 6.04 Å². The summed E-state index contributed by atoms with van der Waals surface area (Å²) in [6, 6.07) is 0.682. The Morgan fingerprint density at radius 3 is 2.88 bits per heavy atom. The third-order valence-electron chi connectivity index (χ3n) is 2.37. The predicted octanol–water partition coefficient (Wildman–Crippen LogP) is 2.24. The van der Waals surface area contributed by atoms with Crippen molar-refractivity contribution in [1.29, 1.82) is 0 Å². The molecule has 1 fully saturated rings. The van der Waals surface area contributed by atoms with Gasteiger partial charge in [-0.3, -0.25) is 0 Å². The van der Waals surface area contributed by atoms with Crippen molar-refractivity contribution in [2.45, 2.75) is 58.4 Å². The van der Waals surface area contributed by atoms with Gasteiger partial charge in [0.25, 0.3) is 0 Å². The Labute approximate surface area is 96.4 Å². The lowest BCUT2D eigenvalue weighted by atomic mass is 10.2. The van der Waals surface area contributed by atoms with Crippen LogP contribution in [0.3, 0.4) is 0 Å². The van der Waals surface area contributed by atoms with Crippen molar-refractivity contribution in [3.8, 4) is 0 Å². The molecular formula is C12H20N2O2. The smallest absolute Gasteiger partial charge is 0.208 e. The maximum atomic E-state index is 5.61. The van der Waals surface area contributed by atoms with Gasteiger partial charge in [0.1, 0.15) is 12.4 Å². The van der Waals surface area contributed by atoms with Crippen LogP contribution in [0.25, 0.3) is 0 Å². The molecular weight excluding hydrogens is 204 g/mol. The summed E-state index contributed by atoms with van der Waals surface area (Å²) in [7, 11) is 0. The van der Waals surface area contributed by atoms with E-state index in [0.717, 1.165) is 18.2 Å². The van der Waals surface area contributed by atoms with Gasteiger partial charge in [-0.2, -0.15) is 0 Å². The van der Waals surface area contributed by atoms with E-state index in [9.17, 15) is 0 Å². The first-order valence-corrected chi connectivity index (χ1v) is 5.84. The lowest BCUT2D eigenvalue weighted by molar-refractivity contribution is -0.0227. The highest BCUT2D eigenvalue weighted by atomic mass is 16.5. The molecule has 1 heterocycles. The monoisotopic (exact) mass is 224 g/mol. The van der Waals surface area contributed by atoms with E-state index in [1.54, 1.807) is 6.20 Å². The number of hydrogen-bond acceptors (Lipinski definition) is 4. The van der Waals surface area contributed by atoms with E-state index in [2.05, 4.69) is 10.3 Å². The van der Waals surface area contributed by atoms with Gasteiger partial charge in [-0.15, -0.1) is 0 Å². The van der Waals surface area contributed by atoms with E-state index >= 15 is 0 Å². The van der Waals surface area contributed by atoms with E-state index in [1.807, 2.05) is 20.8 Å². The first-order valence-electron chi connectivity index (χ1n) is 5.84. The van der Waals surface area contributed by atoms with Crippen LogP contribution in [0.15, 0.2) is 10.6 Å². The second-order valence-electron chi connectivity index (χ2n) is 5.28. The minimum atomic E-state index is -0.140. The van der Waals surface area contributed by atoms with Crippen molar-refractivity contribution in [2.75, 3.05) is 0 Å². The minimum Gasteiger partial charge on any atom is -0.442 e. The molecule has 0 saturated heterocycles. The number of hydrogen-bond donors (Lipinski definition) is 1. The molecule has 0 aliphatic heterocycles. The summed E-state index contributed by atoms with van der Waals surface area (Å²) in [5.74, 6) is 1.54. The molecule has 1 aromatic rings. The number of rotatable bonds is 5. The molecule has 1 aliphatic carbocycles. The molecule has 0 bridgehead atoms. The molecule has 0 unspecified atom stereocenters. The van der Waals surface area contributed by atoms with Crippen LogP contribution in [-0.2, 0) is 17.9 Å². The standard InChI is InChI=1S/C12H20N2O2/c1-12(2,3)15-8-10-6-14-11(16-10)7-13-9-4-5-9/h6,9,13H,4-5,7-8H2,1-3H3.